The van der Waals surface area contributed by atoms with Gasteiger partial charge in [-0.05, 0) is 35.4 Å². The molecule has 3 aromatic carbocycles. The van der Waals surface area contributed by atoms with Crippen molar-refractivity contribution in [1.29, 1.82) is 0 Å². The molecule has 0 aliphatic rings. The van der Waals surface area contributed by atoms with Crippen LogP contribution in [0.2, 0.25) is 0 Å². The number of aromatic nitrogens is 2. The van der Waals surface area contributed by atoms with E-state index in [1.807, 2.05) is 12.1 Å². The fraction of sp³-hybridized carbons (Fsp3) is 0.167. The summed E-state index contributed by atoms with van der Waals surface area (Å²) in [5, 5.41) is 6.85. The fourth-order valence-electron chi connectivity index (χ4n) is 3.59. The highest BCUT2D eigenvalue weighted by Gasteiger charge is 2.16. The molecule has 0 saturated carbocycles. The lowest BCUT2D eigenvalue weighted by molar-refractivity contribution is 0.356. The first kappa shape index (κ1) is 18.7. The Morgan fingerprint density at radius 2 is 1.66 bits per heavy atom. The summed E-state index contributed by atoms with van der Waals surface area (Å²) in [6, 6.07) is 18.5. The van der Waals surface area contributed by atoms with Gasteiger partial charge in [-0.15, -0.1) is 0 Å². The maximum Gasteiger partial charge on any atom is 0.162 e. The van der Waals surface area contributed by atoms with Crippen molar-refractivity contribution < 1.29 is 9.47 Å². The molecule has 0 radical (unpaired) electrons. The maximum atomic E-state index is 5.47. The van der Waals surface area contributed by atoms with Crippen LogP contribution < -0.4 is 14.8 Å². The van der Waals surface area contributed by atoms with Gasteiger partial charge >= 0.3 is 0 Å². The van der Waals surface area contributed by atoms with Crippen LogP contribution in [-0.4, -0.2) is 24.2 Å². The number of nitrogens with zero attached hydrogens (tertiary/aromatic N) is 2. The Hall–Kier alpha value is -3.60. The molecule has 1 aromatic heterocycles. The van der Waals surface area contributed by atoms with Gasteiger partial charge in [-0.1, -0.05) is 49.0 Å². The second-order valence-electron chi connectivity index (χ2n) is 6.79. The van der Waals surface area contributed by atoms with Crippen LogP contribution in [0.15, 0.2) is 61.2 Å². The Morgan fingerprint density at radius 1 is 0.931 bits per heavy atom. The van der Waals surface area contributed by atoms with Gasteiger partial charge in [-0.2, -0.15) is 0 Å². The van der Waals surface area contributed by atoms with Crippen LogP contribution in [0.25, 0.3) is 27.8 Å². The van der Waals surface area contributed by atoms with Crippen LogP contribution in [0.1, 0.15) is 24.4 Å². The minimum atomic E-state index is 0.0324. The SMILES string of the molecule is C=Cc1nc(N[C@H](C)c2cccc3ccccc23)c2cc(OC)c(OC)cc2n1. The summed E-state index contributed by atoms with van der Waals surface area (Å²) in [6.45, 7) is 5.95. The van der Waals surface area contributed by atoms with Gasteiger partial charge in [0.25, 0.3) is 0 Å². The maximum absolute atomic E-state index is 5.47. The summed E-state index contributed by atoms with van der Waals surface area (Å²) in [7, 11) is 3.23. The first-order valence-electron chi connectivity index (χ1n) is 9.45. The highest BCUT2D eigenvalue weighted by Crippen LogP contribution is 2.35. The van der Waals surface area contributed by atoms with Gasteiger partial charge in [0.15, 0.2) is 17.3 Å². The van der Waals surface area contributed by atoms with Crippen LogP contribution in [0.3, 0.4) is 0 Å². The van der Waals surface area contributed by atoms with E-state index in [-0.39, 0.29) is 6.04 Å². The number of hydrogen-bond donors (Lipinski definition) is 1. The molecule has 1 atom stereocenters. The van der Waals surface area contributed by atoms with Crippen LogP contribution in [0, 0.1) is 0 Å². The van der Waals surface area contributed by atoms with E-state index in [0.29, 0.717) is 17.3 Å². The minimum absolute atomic E-state index is 0.0324. The Balaban J connectivity index is 1.83. The highest BCUT2D eigenvalue weighted by molar-refractivity contribution is 5.93. The number of anilines is 1. The number of ether oxygens (including phenoxy) is 2. The van der Waals surface area contributed by atoms with Crippen molar-refractivity contribution in [2.45, 2.75) is 13.0 Å². The van der Waals surface area contributed by atoms with Gasteiger partial charge in [0.1, 0.15) is 5.82 Å². The number of benzene rings is 3. The third kappa shape index (κ3) is 3.47. The van der Waals surface area contributed by atoms with Crippen molar-refractivity contribution in [3.63, 3.8) is 0 Å². The van der Waals surface area contributed by atoms with Crippen LogP contribution in [-0.2, 0) is 0 Å². The van der Waals surface area contributed by atoms with Gasteiger partial charge in [-0.25, -0.2) is 9.97 Å². The van der Waals surface area contributed by atoms with E-state index < -0.39 is 0 Å². The topological polar surface area (TPSA) is 56.3 Å². The van der Waals surface area contributed by atoms with Gasteiger partial charge in [0, 0.05) is 11.5 Å². The molecule has 0 aliphatic carbocycles. The monoisotopic (exact) mass is 385 g/mol. The quantitative estimate of drug-likeness (QED) is 0.467. The van der Waals surface area contributed by atoms with Crippen molar-refractivity contribution in [2.75, 3.05) is 19.5 Å². The van der Waals surface area contributed by atoms with Crippen molar-refractivity contribution in [2.24, 2.45) is 0 Å². The number of fused-ring (bicyclic) bond motifs is 2. The summed E-state index contributed by atoms with van der Waals surface area (Å²) in [5.74, 6) is 2.54. The van der Waals surface area contributed by atoms with Gasteiger partial charge in [-0.3, -0.25) is 0 Å². The zero-order chi connectivity index (χ0) is 20.4. The molecule has 4 rings (SSSR count). The van der Waals surface area contributed by atoms with E-state index in [1.165, 1.54) is 16.3 Å². The van der Waals surface area contributed by atoms with Crippen LogP contribution in [0.5, 0.6) is 11.5 Å². The molecule has 5 heteroatoms. The van der Waals surface area contributed by atoms with Crippen LogP contribution >= 0.6 is 0 Å². The predicted molar refractivity (Wildman–Crippen MR) is 119 cm³/mol. The Labute approximate surface area is 170 Å². The number of hydrogen-bond acceptors (Lipinski definition) is 5. The van der Waals surface area contributed by atoms with Crippen molar-refractivity contribution >= 4 is 33.6 Å². The summed E-state index contributed by atoms with van der Waals surface area (Å²) in [5.41, 5.74) is 1.97. The number of rotatable bonds is 6. The lowest BCUT2D eigenvalue weighted by Gasteiger charge is -2.19. The second-order valence-corrected chi connectivity index (χ2v) is 6.79. The molecule has 0 saturated heterocycles. The van der Waals surface area contributed by atoms with E-state index in [4.69, 9.17) is 9.47 Å². The van der Waals surface area contributed by atoms with Crippen molar-refractivity contribution in [1.82, 2.24) is 9.97 Å². The number of methoxy groups -OCH3 is 2. The molecule has 0 fully saturated rings. The second kappa shape index (κ2) is 7.80. The van der Waals surface area contributed by atoms with Gasteiger partial charge in [0.2, 0.25) is 0 Å². The van der Waals surface area contributed by atoms with E-state index in [2.05, 4.69) is 71.3 Å². The number of nitrogens with one attached hydrogen (secondary N) is 1. The van der Waals surface area contributed by atoms with E-state index >= 15 is 0 Å². The predicted octanol–water partition coefficient (Wildman–Crippen LogP) is 5.62. The van der Waals surface area contributed by atoms with Crippen molar-refractivity contribution in [3.05, 3.63) is 72.6 Å². The molecule has 146 valence electrons. The summed E-state index contributed by atoms with van der Waals surface area (Å²) < 4.78 is 10.9. The molecule has 0 bridgehead atoms. The molecule has 4 aromatic rings. The normalized spacial score (nSPS) is 12.0. The van der Waals surface area contributed by atoms with Gasteiger partial charge < -0.3 is 14.8 Å². The Bertz CT molecular complexity index is 1200. The zero-order valence-electron chi connectivity index (χ0n) is 16.8. The minimum Gasteiger partial charge on any atom is -0.493 e. The molecular weight excluding hydrogens is 362 g/mol. The summed E-state index contributed by atoms with van der Waals surface area (Å²) in [4.78, 5) is 9.22. The van der Waals surface area contributed by atoms with Crippen molar-refractivity contribution in [3.8, 4) is 11.5 Å². The first-order chi connectivity index (χ1) is 14.1. The Kier molecular flexibility index (Phi) is 5.04. The average molecular weight is 385 g/mol. The molecular formula is C24H23N3O2. The standard InChI is InChI=1S/C24H23N3O2/c1-5-23-26-20-14-22(29-4)21(28-3)13-19(20)24(27-23)25-15(2)17-12-8-10-16-9-6-7-11-18(16)17/h5-15H,1H2,2-4H3,(H,25,26,27)/t15-/m1/s1. The summed E-state index contributed by atoms with van der Waals surface area (Å²) in [6.07, 6.45) is 1.64. The van der Waals surface area contributed by atoms with Crippen LogP contribution in [0.4, 0.5) is 5.82 Å². The molecule has 0 unspecified atom stereocenters. The van der Waals surface area contributed by atoms with E-state index in [9.17, 15) is 0 Å². The molecule has 0 spiro atoms. The average Bonchev–Trinajstić information content (AvgIpc) is 2.77. The molecule has 0 aliphatic heterocycles. The summed E-state index contributed by atoms with van der Waals surface area (Å²) >= 11 is 0. The smallest absolute Gasteiger partial charge is 0.162 e. The van der Waals surface area contributed by atoms with Gasteiger partial charge in [0.05, 0.1) is 25.8 Å². The molecule has 5 nitrogen and oxygen atoms in total. The van der Waals surface area contributed by atoms with E-state index in [0.717, 1.165) is 16.7 Å². The third-order valence-electron chi connectivity index (χ3n) is 5.04. The zero-order valence-corrected chi connectivity index (χ0v) is 16.8. The first-order valence-corrected chi connectivity index (χ1v) is 9.45. The molecule has 1 heterocycles. The third-order valence-corrected chi connectivity index (χ3v) is 5.04. The van der Waals surface area contributed by atoms with E-state index in [1.54, 1.807) is 20.3 Å². The molecule has 1 N–H and O–H groups in total. The molecule has 29 heavy (non-hydrogen) atoms. The largest absolute Gasteiger partial charge is 0.493 e. The highest BCUT2D eigenvalue weighted by atomic mass is 16.5. The fourth-order valence-corrected chi connectivity index (χ4v) is 3.59. The Morgan fingerprint density at radius 3 is 2.41 bits per heavy atom. The lowest BCUT2D eigenvalue weighted by Crippen LogP contribution is -2.10. The molecule has 0 amide bonds. The lowest BCUT2D eigenvalue weighted by atomic mass is 9.99.